The monoisotopic (exact) mass is 292 g/mol. The predicted molar refractivity (Wildman–Crippen MR) is 58.3 cm³/mol. The van der Waals surface area contributed by atoms with Crippen molar-refractivity contribution >= 4 is 15.9 Å². The van der Waals surface area contributed by atoms with E-state index >= 15 is 0 Å². The summed E-state index contributed by atoms with van der Waals surface area (Å²) in [5.41, 5.74) is -0.810. The quantitative estimate of drug-likeness (QED) is 0.928. The van der Waals surface area contributed by atoms with Gasteiger partial charge in [0.15, 0.2) is 17.4 Å². The maximum atomic E-state index is 13.5. The molecule has 0 amide bonds. The molecule has 16 heavy (non-hydrogen) atoms. The molecule has 0 aliphatic heterocycles. The lowest BCUT2D eigenvalue weighted by atomic mass is 10.2. The van der Waals surface area contributed by atoms with Crippen LogP contribution in [0.5, 0.6) is 5.75 Å². The van der Waals surface area contributed by atoms with Crippen LogP contribution in [-0.2, 0) is 0 Å². The number of hydrogen-bond donors (Lipinski definition) is 1. The maximum Gasteiger partial charge on any atom is 0.191 e. The molecule has 0 spiro atoms. The van der Waals surface area contributed by atoms with E-state index in [9.17, 15) is 13.9 Å². The van der Waals surface area contributed by atoms with E-state index in [0.29, 0.717) is 17.3 Å². The van der Waals surface area contributed by atoms with Crippen LogP contribution in [0, 0.1) is 11.6 Å². The summed E-state index contributed by atoms with van der Waals surface area (Å²) in [5, 5.41) is 9.46. The average molecular weight is 293 g/mol. The lowest BCUT2D eigenvalue weighted by Crippen LogP contribution is -2.32. The number of benzene rings is 1. The Balaban J connectivity index is 2.29. The lowest BCUT2D eigenvalue weighted by molar-refractivity contribution is 0.0245. The van der Waals surface area contributed by atoms with Crippen molar-refractivity contribution in [3.8, 4) is 5.75 Å². The molecule has 0 saturated heterocycles. The topological polar surface area (TPSA) is 29.5 Å². The van der Waals surface area contributed by atoms with Gasteiger partial charge in [0.1, 0.15) is 5.60 Å². The number of aliphatic hydroxyl groups is 1. The van der Waals surface area contributed by atoms with Crippen molar-refractivity contribution < 1.29 is 18.6 Å². The molecule has 0 aromatic heterocycles. The fraction of sp³-hybridized carbons (Fsp3) is 0.455. The minimum Gasteiger partial charge on any atom is -0.478 e. The standard InChI is InChI=1S/C11H11BrF2O2/c1-6(15)11(2-3-11)16-10-8(13)4-7(12)5-9(10)14/h4-6,15H,2-3H2,1H3. The molecule has 1 atom stereocenters. The zero-order chi connectivity index (χ0) is 11.9. The van der Waals surface area contributed by atoms with Gasteiger partial charge in [0.05, 0.1) is 6.10 Å². The number of halogens is 3. The van der Waals surface area contributed by atoms with Gasteiger partial charge in [-0.05, 0) is 31.9 Å². The van der Waals surface area contributed by atoms with Crippen molar-refractivity contribution in [2.45, 2.75) is 31.5 Å². The molecule has 1 aromatic carbocycles. The molecule has 1 aliphatic carbocycles. The highest BCUT2D eigenvalue weighted by atomic mass is 79.9. The number of hydrogen-bond acceptors (Lipinski definition) is 2. The van der Waals surface area contributed by atoms with Gasteiger partial charge in [-0.3, -0.25) is 0 Å². The maximum absolute atomic E-state index is 13.5. The van der Waals surface area contributed by atoms with E-state index in [1.807, 2.05) is 0 Å². The van der Waals surface area contributed by atoms with Crippen LogP contribution in [0.25, 0.3) is 0 Å². The third-order valence-corrected chi connectivity index (χ3v) is 3.23. The van der Waals surface area contributed by atoms with Crippen LogP contribution in [0.2, 0.25) is 0 Å². The fourth-order valence-corrected chi connectivity index (χ4v) is 1.96. The van der Waals surface area contributed by atoms with Gasteiger partial charge in [0.25, 0.3) is 0 Å². The zero-order valence-electron chi connectivity index (χ0n) is 8.64. The minimum absolute atomic E-state index is 0.316. The van der Waals surface area contributed by atoms with Crippen molar-refractivity contribution in [1.82, 2.24) is 0 Å². The van der Waals surface area contributed by atoms with E-state index in [4.69, 9.17) is 4.74 Å². The molecule has 1 N–H and O–H groups in total. The van der Waals surface area contributed by atoms with E-state index < -0.39 is 29.1 Å². The average Bonchev–Trinajstić information content (AvgIpc) is 2.92. The molecule has 0 radical (unpaired) electrons. The second-order valence-electron chi connectivity index (χ2n) is 4.04. The third-order valence-electron chi connectivity index (χ3n) is 2.77. The van der Waals surface area contributed by atoms with E-state index in [2.05, 4.69) is 15.9 Å². The molecular formula is C11H11BrF2O2. The molecule has 5 heteroatoms. The SMILES string of the molecule is CC(O)C1(Oc2c(F)cc(Br)cc2F)CC1. The first-order chi connectivity index (χ1) is 7.44. The van der Waals surface area contributed by atoms with Gasteiger partial charge in [0.2, 0.25) is 0 Å². The number of rotatable bonds is 3. The van der Waals surface area contributed by atoms with Crippen LogP contribution in [-0.4, -0.2) is 16.8 Å². The summed E-state index contributed by atoms with van der Waals surface area (Å²) in [4.78, 5) is 0. The van der Waals surface area contributed by atoms with Crippen LogP contribution in [0.4, 0.5) is 8.78 Å². The molecule has 0 bridgehead atoms. The van der Waals surface area contributed by atoms with Crippen LogP contribution in [0.1, 0.15) is 19.8 Å². The van der Waals surface area contributed by atoms with Gasteiger partial charge in [-0.1, -0.05) is 15.9 Å². The molecule has 0 heterocycles. The van der Waals surface area contributed by atoms with Gasteiger partial charge >= 0.3 is 0 Å². The van der Waals surface area contributed by atoms with Crippen molar-refractivity contribution in [3.05, 3.63) is 28.2 Å². The largest absolute Gasteiger partial charge is 0.478 e. The lowest BCUT2D eigenvalue weighted by Gasteiger charge is -2.21. The van der Waals surface area contributed by atoms with Crippen LogP contribution < -0.4 is 4.74 Å². The number of ether oxygens (including phenoxy) is 1. The van der Waals surface area contributed by atoms with E-state index in [1.165, 1.54) is 0 Å². The zero-order valence-corrected chi connectivity index (χ0v) is 10.2. The summed E-state index contributed by atoms with van der Waals surface area (Å²) in [5.74, 6) is -1.95. The molecule has 1 fully saturated rings. The fourth-order valence-electron chi connectivity index (χ4n) is 1.56. The third kappa shape index (κ3) is 2.06. The Morgan fingerprint density at radius 2 is 1.88 bits per heavy atom. The normalized spacial score (nSPS) is 19.3. The summed E-state index contributed by atoms with van der Waals surface area (Å²) in [7, 11) is 0. The number of aliphatic hydroxyl groups excluding tert-OH is 1. The molecule has 88 valence electrons. The summed E-state index contributed by atoms with van der Waals surface area (Å²) >= 11 is 2.99. The van der Waals surface area contributed by atoms with Crippen molar-refractivity contribution in [2.75, 3.05) is 0 Å². The predicted octanol–water partition coefficient (Wildman–Crippen LogP) is 3.02. The highest BCUT2D eigenvalue weighted by Gasteiger charge is 2.50. The second kappa shape index (κ2) is 3.96. The summed E-state index contributed by atoms with van der Waals surface area (Å²) < 4.78 is 32.5. The first-order valence-corrected chi connectivity index (χ1v) is 5.75. The Bertz CT molecular complexity index is 393. The van der Waals surface area contributed by atoms with Crippen LogP contribution in [0.3, 0.4) is 0 Å². The highest BCUT2D eigenvalue weighted by molar-refractivity contribution is 9.10. The Labute approximate surface area is 100 Å². The molecule has 2 nitrogen and oxygen atoms in total. The van der Waals surface area contributed by atoms with E-state index in [0.717, 1.165) is 12.1 Å². The van der Waals surface area contributed by atoms with Gasteiger partial charge < -0.3 is 9.84 Å². The second-order valence-corrected chi connectivity index (χ2v) is 4.96. The Morgan fingerprint density at radius 3 is 2.25 bits per heavy atom. The Kier molecular flexibility index (Phi) is 2.92. The smallest absolute Gasteiger partial charge is 0.191 e. The first-order valence-electron chi connectivity index (χ1n) is 4.96. The van der Waals surface area contributed by atoms with Gasteiger partial charge in [0, 0.05) is 4.47 Å². The summed E-state index contributed by atoms with van der Waals surface area (Å²) in [6.07, 6.45) is 0.481. The molecular weight excluding hydrogens is 282 g/mol. The van der Waals surface area contributed by atoms with E-state index in [1.54, 1.807) is 6.92 Å². The van der Waals surface area contributed by atoms with Crippen molar-refractivity contribution in [3.63, 3.8) is 0 Å². The summed E-state index contributed by atoms with van der Waals surface area (Å²) in [6, 6.07) is 2.27. The van der Waals surface area contributed by atoms with Crippen molar-refractivity contribution in [1.29, 1.82) is 0 Å². The Hall–Kier alpha value is -0.680. The van der Waals surface area contributed by atoms with Crippen LogP contribution >= 0.6 is 15.9 Å². The van der Waals surface area contributed by atoms with Gasteiger partial charge in [-0.25, -0.2) is 8.78 Å². The van der Waals surface area contributed by atoms with Gasteiger partial charge in [-0.15, -0.1) is 0 Å². The van der Waals surface area contributed by atoms with E-state index in [-0.39, 0.29) is 0 Å². The van der Waals surface area contributed by atoms with Gasteiger partial charge in [-0.2, -0.15) is 0 Å². The molecule has 1 aromatic rings. The molecule has 1 saturated carbocycles. The Morgan fingerprint density at radius 1 is 1.38 bits per heavy atom. The molecule has 1 unspecified atom stereocenters. The first kappa shape index (κ1) is 11.8. The van der Waals surface area contributed by atoms with Crippen molar-refractivity contribution in [2.24, 2.45) is 0 Å². The minimum atomic E-state index is -0.810. The molecule has 2 rings (SSSR count). The highest BCUT2D eigenvalue weighted by Crippen LogP contribution is 2.44. The summed E-state index contributed by atoms with van der Waals surface area (Å²) in [6.45, 7) is 1.56. The molecule has 1 aliphatic rings. The van der Waals surface area contributed by atoms with Crippen LogP contribution in [0.15, 0.2) is 16.6 Å².